The molecule has 1 atom stereocenters. The smallest absolute Gasteiger partial charge is 0.223 e. The molecule has 0 saturated carbocycles. The minimum Gasteiger partial charge on any atom is -0.497 e. The zero-order valence-electron chi connectivity index (χ0n) is 17.6. The minimum absolute atomic E-state index is 0.0321. The molecule has 1 amide bonds. The van der Waals surface area contributed by atoms with Gasteiger partial charge in [-0.15, -0.1) is 0 Å². The van der Waals surface area contributed by atoms with E-state index in [-0.39, 0.29) is 23.7 Å². The first-order valence-corrected chi connectivity index (χ1v) is 10.5. The second-order valence-electron chi connectivity index (χ2n) is 7.62. The molecule has 1 aliphatic heterocycles. The van der Waals surface area contributed by atoms with Crippen LogP contribution in [0.4, 0.5) is 4.39 Å². The Bertz CT molecular complexity index is 885. The van der Waals surface area contributed by atoms with Crippen LogP contribution in [0, 0.1) is 11.7 Å². The first-order chi connectivity index (χ1) is 14.4. The zero-order chi connectivity index (χ0) is 21.7. The molecule has 2 aromatic carbocycles. The average Bonchev–Trinajstić information content (AvgIpc) is 2.75. The van der Waals surface area contributed by atoms with Crippen molar-refractivity contribution in [2.24, 2.45) is 5.92 Å². The normalized spacial score (nSPS) is 16.2. The molecule has 5 nitrogen and oxygen atoms in total. The summed E-state index contributed by atoms with van der Waals surface area (Å²) in [5.41, 5.74) is 1.50. The summed E-state index contributed by atoms with van der Waals surface area (Å²) >= 11 is 5.82. The van der Waals surface area contributed by atoms with E-state index in [1.54, 1.807) is 26.4 Å². The van der Waals surface area contributed by atoms with Crippen LogP contribution in [-0.2, 0) is 11.3 Å². The van der Waals surface area contributed by atoms with Gasteiger partial charge in [0.1, 0.15) is 17.3 Å². The molecule has 7 heteroatoms. The fourth-order valence-corrected chi connectivity index (χ4v) is 3.99. The van der Waals surface area contributed by atoms with Crippen LogP contribution >= 0.6 is 11.6 Å². The SMILES string of the molecule is COc1ccc(OC)c(C(C)NC(=O)C2CCN(Cc3ccc(Cl)cc3F)CC2)c1. The van der Waals surface area contributed by atoms with Gasteiger partial charge in [0.2, 0.25) is 5.91 Å². The topological polar surface area (TPSA) is 50.8 Å². The number of nitrogens with one attached hydrogen (secondary N) is 1. The van der Waals surface area contributed by atoms with E-state index in [1.165, 1.54) is 6.07 Å². The van der Waals surface area contributed by atoms with Crippen LogP contribution in [0.15, 0.2) is 36.4 Å². The Balaban J connectivity index is 1.55. The fraction of sp³-hybridized carbons (Fsp3) is 0.435. The number of likely N-dealkylation sites (tertiary alicyclic amines) is 1. The highest BCUT2D eigenvalue weighted by molar-refractivity contribution is 6.30. The van der Waals surface area contributed by atoms with Gasteiger partial charge in [0, 0.05) is 28.6 Å². The molecule has 0 spiro atoms. The molecule has 3 rings (SSSR count). The molecule has 0 bridgehead atoms. The lowest BCUT2D eigenvalue weighted by Gasteiger charge is -2.32. The van der Waals surface area contributed by atoms with Crippen LogP contribution < -0.4 is 14.8 Å². The number of piperidine rings is 1. The summed E-state index contributed by atoms with van der Waals surface area (Å²) in [6.07, 6.45) is 1.48. The number of amides is 1. The van der Waals surface area contributed by atoms with E-state index in [0.717, 1.165) is 37.2 Å². The van der Waals surface area contributed by atoms with Crippen molar-refractivity contribution >= 4 is 17.5 Å². The van der Waals surface area contributed by atoms with Crippen molar-refractivity contribution in [3.05, 3.63) is 58.4 Å². The molecule has 1 heterocycles. The number of rotatable bonds is 7. The summed E-state index contributed by atoms with van der Waals surface area (Å²) in [5.74, 6) is 1.11. The number of carbonyl (C=O) groups excluding carboxylic acids is 1. The summed E-state index contributed by atoms with van der Waals surface area (Å²) in [6.45, 7) is 3.95. The molecule has 1 N–H and O–H groups in total. The maximum Gasteiger partial charge on any atom is 0.223 e. The Hall–Kier alpha value is -2.31. The molecular formula is C23H28ClFN2O3. The Labute approximate surface area is 182 Å². The highest BCUT2D eigenvalue weighted by atomic mass is 35.5. The van der Waals surface area contributed by atoms with Gasteiger partial charge in [-0.05, 0) is 63.2 Å². The van der Waals surface area contributed by atoms with Gasteiger partial charge in [-0.25, -0.2) is 4.39 Å². The molecule has 0 radical (unpaired) electrons. The number of hydrogen-bond donors (Lipinski definition) is 1. The number of ether oxygens (including phenoxy) is 2. The molecule has 1 aliphatic rings. The average molecular weight is 435 g/mol. The highest BCUT2D eigenvalue weighted by Gasteiger charge is 2.27. The lowest BCUT2D eigenvalue weighted by molar-refractivity contribution is -0.127. The molecule has 30 heavy (non-hydrogen) atoms. The van der Waals surface area contributed by atoms with E-state index in [1.807, 2.05) is 25.1 Å². The first-order valence-electron chi connectivity index (χ1n) is 10.1. The van der Waals surface area contributed by atoms with Crippen molar-refractivity contribution in [3.8, 4) is 11.5 Å². The zero-order valence-corrected chi connectivity index (χ0v) is 18.3. The van der Waals surface area contributed by atoms with Gasteiger partial charge < -0.3 is 14.8 Å². The third-order valence-corrected chi connectivity index (χ3v) is 5.86. The van der Waals surface area contributed by atoms with Gasteiger partial charge in [0.25, 0.3) is 0 Å². The maximum atomic E-state index is 14.0. The summed E-state index contributed by atoms with van der Waals surface area (Å²) in [7, 11) is 3.22. The summed E-state index contributed by atoms with van der Waals surface area (Å²) in [5, 5.41) is 3.50. The van der Waals surface area contributed by atoms with E-state index in [4.69, 9.17) is 21.1 Å². The fourth-order valence-electron chi connectivity index (χ4n) is 3.83. The molecule has 1 unspecified atom stereocenters. The predicted octanol–water partition coefficient (Wildman–Crippen LogP) is 4.59. The molecule has 0 aliphatic carbocycles. The lowest BCUT2D eigenvalue weighted by atomic mass is 9.94. The van der Waals surface area contributed by atoms with Gasteiger partial charge >= 0.3 is 0 Å². The van der Waals surface area contributed by atoms with Crippen LogP contribution in [0.1, 0.15) is 36.9 Å². The number of nitrogens with zero attached hydrogens (tertiary/aromatic N) is 1. The van der Waals surface area contributed by atoms with Crippen LogP contribution in [0.25, 0.3) is 0 Å². The number of benzene rings is 2. The monoisotopic (exact) mass is 434 g/mol. The highest BCUT2D eigenvalue weighted by Crippen LogP contribution is 2.30. The largest absolute Gasteiger partial charge is 0.497 e. The van der Waals surface area contributed by atoms with Crippen LogP contribution in [0.3, 0.4) is 0 Å². The first kappa shape index (κ1) is 22.4. The molecule has 2 aromatic rings. The Morgan fingerprint density at radius 2 is 1.93 bits per heavy atom. The summed E-state index contributed by atoms with van der Waals surface area (Å²) in [6, 6.07) is 10.1. The van der Waals surface area contributed by atoms with Gasteiger partial charge in [-0.3, -0.25) is 9.69 Å². The van der Waals surface area contributed by atoms with Crippen molar-refractivity contribution in [3.63, 3.8) is 0 Å². The second kappa shape index (κ2) is 10.1. The summed E-state index contributed by atoms with van der Waals surface area (Å²) < 4.78 is 24.8. The van der Waals surface area contributed by atoms with E-state index in [9.17, 15) is 9.18 Å². The third kappa shape index (κ3) is 5.43. The van der Waals surface area contributed by atoms with E-state index in [2.05, 4.69) is 10.2 Å². The van der Waals surface area contributed by atoms with Crippen molar-refractivity contribution in [2.75, 3.05) is 27.3 Å². The minimum atomic E-state index is -0.288. The van der Waals surface area contributed by atoms with Crippen molar-refractivity contribution in [1.82, 2.24) is 10.2 Å². The van der Waals surface area contributed by atoms with E-state index >= 15 is 0 Å². The molecule has 1 saturated heterocycles. The molecule has 1 fully saturated rings. The van der Waals surface area contributed by atoms with E-state index < -0.39 is 0 Å². The molecule has 162 valence electrons. The van der Waals surface area contributed by atoms with Crippen LogP contribution in [0.2, 0.25) is 5.02 Å². The molecular weight excluding hydrogens is 407 g/mol. The van der Waals surface area contributed by atoms with E-state index in [0.29, 0.717) is 22.9 Å². The standard InChI is InChI=1S/C23H28ClFN2O3/c1-15(20-13-19(29-2)6-7-22(20)30-3)26-23(28)16-8-10-27(11-9-16)14-17-4-5-18(24)12-21(17)25/h4-7,12-13,15-16H,8-11,14H2,1-3H3,(H,26,28). The lowest BCUT2D eigenvalue weighted by Crippen LogP contribution is -2.41. The quantitative estimate of drug-likeness (QED) is 0.692. The Morgan fingerprint density at radius 1 is 1.20 bits per heavy atom. The number of methoxy groups -OCH3 is 2. The van der Waals surface area contributed by atoms with Crippen molar-refractivity contribution in [1.29, 1.82) is 0 Å². The van der Waals surface area contributed by atoms with Crippen molar-refractivity contribution < 1.29 is 18.7 Å². The van der Waals surface area contributed by atoms with Crippen molar-refractivity contribution in [2.45, 2.75) is 32.4 Å². The number of halogens is 2. The van der Waals surface area contributed by atoms with Gasteiger partial charge in [0.15, 0.2) is 0 Å². The van der Waals surface area contributed by atoms with Crippen LogP contribution in [0.5, 0.6) is 11.5 Å². The maximum absolute atomic E-state index is 14.0. The predicted molar refractivity (Wildman–Crippen MR) is 116 cm³/mol. The molecule has 0 aromatic heterocycles. The van der Waals surface area contributed by atoms with Gasteiger partial charge in [0.05, 0.1) is 20.3 Å². The van der Waals surface area contributed by atoms with Gasteiger partial charge in [-0.2, -0.15) is 0 Å². The number of carbonyl (C=O) groups is 1. The summed E-state index contributed by atoms with van der Waals surface area (Å²) in [4.78, 5) is 15.0. The third-order valence-electron chi connectivity index (χ3n) is 5.63. The van der Waals surface area contributed by atoms with Gasteiger partial charge in [-0.1, -0.05) is 17.7 Å². The Morgan fingerprint density at radius 3 is 2.57 bits per heavy atom. The second-order valence-corrected chi connectivity index (χ2v) is 8.06. The van der Waals surface area contributed by atoms with Crippen LogP contribution in [-0.4, -0.2) is 38.1 Å². The number of hydrogen-bond acceptors (Lipinski definition) is 4. The Kier molecular flexibility index (Phi) is 7.56.